The third-order valence-corrected chi connectivity index (χ3v) is 4.34. The van der Waals surface area contributed by atoms with Gasteiger partial charge in [0.15, 0.2) is 0 Å². The summed E-state index contributed by atoms with van der Waals surface area (Å²) in [5.41, 5.74) is 7.27. The minimum absolute atomic E-state index is 0.0380. The molecule has 2 unspecified atom stereocenters. The van der Waals surface area contributed by atoms with Gasteiger partial charge in [-0.05, 0) is 17.9 Å². The highest BCUT2D eigenvalue weighted by molar-refractivity contribution is 7.10. The van der Waals surface area contributed by atoms with Crippen molar-refractivity contribution in [3.63, 3.8) is 0 Å². The summed E-state index contributed by atoms with van der Waals surface area (Å²) in [6, 6.07) is 4.16. The number of hydrogen-bond acceptors (Lipinski definition) is 5. The molecule has 1 aliphatic heterocycles. The van der Waals surface area contributed by atoms with Crippen LogP contribution in [0, 0.1) is 0 Å². The Hall–Kier alpha value is -1.70. The average molecular weight is 291 g/mol. The first kappa shape index (κ1) is 13.3. The maximum atomic E-state index is 12.1. The van der Waals surface area contributed by atoms with Gasteiger partial charge in [0, 0.05) is 29.7 Å². The lowest BCUT2D eigenvalue weighted by Crippen LogP contribution is -2.43. The fourth-order valence-corrected chi connectivity index (χ4v) is 3.06. The molecule has 6 nitrogen and oxygen atoms in total. The maximum Gasteiger partial charge on any atom is 0.238 e. The van der Waals surface area contributed by atoms with Crippen LogP contribution in [0.2, 0.25) is 0 Å². The molecule has 0 bridgehead atoms. The van der Waals surface area contributed by atoms with Gasteiger partial charge < -0.3 is 10.3 Å². The number of aromatic amines is 1. The number of carbonyl (C=O) groups is 1. The van der Waals surface area contributed by atoms with E-state index in [1.807, 2.05) is 6.07 Å². The van der Waals surface area contributed by atoms with E-state index in [-0.39, 0.29) is 18.0 Å². The molecule has 1 amide bonds. The van der Waals surface area contributed by atoms with Crippen molar-refractivity contribution in [3.05, 3.63) is 40.6 Å². The standard InChI is InChI=1S/C13H17N5OS/c19-13(15-4-3-9-7-14-8-16-9)11-6-10(17-18-11)12-2-1-5-20-12/h1-2,5,7-8,10-11,17-18H,3-4,6H2,(H,14,16)(H,15,19). The van der Waals surface area contributed by atoms with E-state index in [0.29, 0.717) is 6.54 Å². The van der Waals surface area contributed by atoms with Crippen LogP contribution >= 0.6 is 11.3 Å². The van der Waals surface area contributed by atoms with E-state index in [4.69, 9.17) is 0 Å². The third kappa shape index (κ3) is 3.06. The highest BCUT2D eigenvalue weighted by Crippen LogP contribution is 2.25. The van der Waals surface area contributed by atoms with Crippen LogP contribution < -0.4 is 16.2 Å². The predicted octanol–water partition coefficient (Wildman–Crippen LogP) is 0.738. The number of H-pyrrole nitrogens is 1. The van der Waals surface area contributed by atoms with Gasteiger partial charge in [0.05, 0.1) is 12.4 Å². The normalized spacial score (nSPS) is 22.0. The molecule has 0 radical (unpaired) electrons. The summed E-state index contributed by atoms with van der Waals surface area (Å²) >= 11 is 1.70. The first-order valence-corrected chi connectivity index (χ1v) is 7.50. The van der Waals surface area contributed by atoms with Gasteiger partial charge >= 0.3 is 0 Å². The van der Waals surface area contributed by atoms with Crippen LogP contribution in [-0.2, 0) is 11.2 Å². The summed E-state index contributed by atoms with van der Waals surface area (Å²) in [5.74, 6) is 0.0380. The van der Waals surface area contributed by atoms with E-state index >= 15 is 0 Å². The zero-order chi connectivity index (χ0) is 13.8. The average Bonchev–Trinajstić information content (AvgIpc) is 3.20. The highest BCUT2D eigenvalue weighted by atomic mass is 32.1. The molecule has 0 aromatic carbocycles. The largest absolute Gasteiger partial charge is 0.354 e. The van der Waals surface area contributed by atoms with Crippen LogP contribution in [0.25, 0.3) is 0 Å². The monoisotopic (exact) mass is 291 g/mol. The van der Waals surface area contributed by atoms with Crippen molar-refractivity contribution in [3.8, 4) is 0 Å². The van der Waals surface area contributed by atoms with Crippen molar-refractivity contribution < 1.29 is 4.79 Å². The Morgan fingerprint density at radius 2 is 2.45 bits per heavy atom. The topological polar surface area (TPSA) is 81.8 Å². The minimum Gasteiger partial charge on any atom is -0.354 e. The first-order valence-electron chi connectivity index (χ1n) is 6.62. The smallest absolute Gasteiger partial charge is 0.238 e. The third-order valence-electron chi connectivity index (χ3n) is 3.35. The highest BCUT2D eigenvalue weighted by Gasteiger charge is 2.30. The number of carbonyl (C=O) groups excluding carboxylic acids is 1. The van der Waals surface area contributed by atoms with Crippen LogP contribution in [-0.4, -0.2) is 28.5 Å². The lowest BCUT2D eigenvalue weighted by atomic mass is 10.1. The number of hydrazine groups is 1. The number of aromatic nitrogens is 2. The van der Waals surface area contributed by atoms with E-state index in [2.05, 4.69) is 37.6 Å². The summed E-state index contributed by atoms with van der Waals surface area (Å²) < 4.78 is 0. The van der Waals surface area contributed by atoms with Gasteiger partial charge in [-0.2, -0.15) is 0 Å². The molecule has 106 valence electrons. The molecule has 3 rings (SSSR count). The number of thiophene rings is 1. The molecule has 2 atom stereocenters. The second-order valence-corrected chi connectivity index (χ2v) is 5.74. The quantitative estimate of drug-likeness (QED) is 0.655. The lowest BCUT2D eigenvalue weighted by Gasteiger charge is -2.09. The fraction of sp³-hybridized carbons (Fsp3) is 0.385. The summed E-state index contributed by atoms with van der Waals surface area (Å²) in [6.45, 7) is 0.614. The van der Waals surface area contributed by atoms with Gasteiger partial charge in [-0.3, -0.25) is 4.79 Å². The molecule has 1 aliphatic rings. The molecule has 7 heteroatoms. The molecule has 0 spiro atoms. The number of imidazole rings is 1. The predicted molar refractivity (Wildman–Crippen MR) is 77.0 cm³/mol. The van der Waals surface area contributed by atoms with Crippen molar-refractivity contribution in [2.45, 2.75) is 24.9 Å². The van der Waals surface area contributed by atoms with E-state index in [9.17, 15) is 4.79 Å². The molecule has 0 aliphatic carbocycles. The van der Waals surface area contributed by atoms with Gasteiger partial charge in [0.1, 0.15) is 6.04 Å². The van der Waals surface area contributed by atoms with Crippen molar-refractivity contribution >= 4 is 17.2 Å². The molecule has 3 heterocycles. The zero-order valence-electron chi connectivity index (χ0n) is 10.9. The van der Waals surface area contributed by atoms with E-state index in [1.54, 1.807) is 23.9 Å². The van der Waals surface area contributed by atoms with Crippen LogP contribution in [0.5, 0.6) is 0 Å². The summed E-state index contributed by atoms with van der Waals surface area (Å²) in [4.78, 5) is 20.3. The van der Waals surface area contributed by atoms with Crippen LogP contribution in [0.4, 0.5) is 0 Å². The maximum absolute atomic E-state index is 12.1. The second kappa shape index (κ2) is 6.17. The minimum atomic E-state index is -0.177. The van der Waals surface area contributed by atoms with Crippen molar-refractivity contribution in [2.24, 2.45) is 0 Å². The summed E-state index contributed by atoms with van der Waals surface area (Å²) in [7, 11) is 0. The SMILES string of the molecule is O=C(NCCc1cnc[nH]1)C1CC(c2cccs2)NN1. The molecule has 1 saturated heterocycles. The van der Waals surface area contributed by atoms with Crippen LogP contribution in [0.15, 0.2) is 30.0 Å². The van der Waals surface area contributed by atoms with E-state index in [0.717, 1.165) is 18.5 Å². The fourth-order valence-electron chi connectivity index (χ4n) is 2.27. The van der Waals surface area contributed by atoms with Gasteiger partial charge in [-0.15, -0.1) is 11.3 Å². The van der Waals surface area contributed by atoms with E-state index < -0.39 is 0 Å². The Bertz CT molecular complexity index is 539. The van der Waals surface area contributed by atoms with E-state index in [1.165, 1.54) is 4.88 Å². The van der Waals surface area contributed by atoms with Gasteiger partial charge in [-0.1, -0.05) is 6.07 Å². The van der Waals surface area contributed by atoms with Gasteiger partial charge in [0.25, 0.3) is 0 Å². The Morgan fingerprint density at radius 3 is 3.20 bits per heavy atom. The Kier molecular flexibility index (Phi) is 4.10. The van der Waals surface area contributed by atoms with Crippen LogP contribution in [0.3, 0.4) is 0 Å². The summed E-state index contributed by atoms with van der Waals surface area (Å²) in [6.07, 6.45) is 4.95. The molecular weight excluding hydrogens is 274 g/mol. The molecule has 2 aromatic heterocycles. The van der Waals surface area contributed by atoms with Crippen LogP contribution in [0.1, 0.15) is 23.0 Å². The Balaban J connectivity index is 1.44. The van der Waals surface area contributed by atoms with Crippen molar-refractivity contribution in [1.29, 1.82) is 0 Å². The Morgan fingerprint density at radius 1 is 1.50 bits per heavy atom. The molecule has 0 saturated carbocycles. The number of nitrogens with one attached hydrogen (secondary N) is 4. The van der Waals surface area contributed by atoms with Gasteiger partial charge in [-0.25, -0.2) is 15.8 Å². The lowest BCUT2D eigenvalue weighted by molar-refractivity contribution is -0.122. The molecule has 1 fully saturated rings. The molecular formula is C13H17N5OS. The number of amides is 1. The Labute approximate surface area is 121 Å². The number of hydrogen-bond donors (Lipinski definition) is 4. The number of rotatable bonds is 5. The molecule has 20 heavy (non-hydrogen) atoms. The van der Waals surface area contributed by atoms with Crippen molar-refractivity contribution in [1.82, 2.24) is 26.1 Å². The number of nitrogens with zero attached hydrogens (tertiary/aromatic N) is 1. The zero-order valence-corrected chi connectivity index (χ0v) is 11.7. The second-order valence-electron chi connectivity index (χ2n) is 4.76. The van der Waals surface area contributed by atoms with Gasteiger partial charge in [0.2, 0.25) is 5.91 Å². The molecule has 4 N–H and O–H groups in total. The summed E-state index contributed by atoms with van der Waals surface area (Å²) in [5, 5.41) is 4.99. The first-order chi connectivity index (χ1) is 9.83. The van der Waals surface area contributed by atoms with Crippen molar-refractivity contribution in [2.75, 3.05) is 6.54 Å². The molecule has 2 aromatic rings.